The van der Waals surface area contributed by atoms with Crippen LogP contribution in [0.3, 0.4) is 0 Å². The second kappa shape index (κ2) is 6.20. The number of carbonyl (C=O) groups is 1. The number of hydrogen-bond donors (Lipinski definition) is 0. The van der Waals surface area contributed by atoms with Gasteiger partial charge in [0.05, 0.1) is 17.5 Å². The molecule has 0 bridgehead atoms. The normalized spacial score (nSPS) is 18.9. The van der Waals surface area contributed by atoms with E-state index in [-0.39, 0.29) is 16.9 Å². The fourth-order valence-corrected chi connectivity index (χ4v) is 2.55. The number of allylic oxidation sites excluding steroid dienone is 2. The molecule has 0 heterocycles. The lowest BCUT2D eigenvalue weighted by Gasteiger charge is -2.21. The van der Waals surface area contributed by atoms with Crippen LogP contribution in [0.4, 0.5) is 4.39 Å². The third kappa shape index (κ3) is 3.16. The van der Waals surface area contributed by atoms with Gasteiger partial charge in [0.25, 0.3) is 0 Å². The van der Waals surface area contributed by atoms with Crippen LogP contribution in [0.1, 0.15) is 31.7 Å². The van der Waals surface area contributed by atoms with Gasteiger partial charge in [-0.25, -0.2) is 4.39 Å². The topological polar surface area (TPSA) is 26.3 Å². The number of carbonyl (C=O) groups excluding carboxylic acids is 1. The van der Waals surface area contributed by atoms with Gasteiger partial charge in [-0.05, 0) is 43.4 Å². The first-order valence-electron chi connectivity index (χ1n) is 6.43. The monoisotopic (exact) mass is 282 g/mol. The fourth-order valence-electron chi connectivity index (χ4n) is 2.30. The van der Waals surface area contributed by atoms with E-state index in [9.17, 15) is 9.18 Å². The molecule has 4 heteroatoms. The van der Waals surface area contributed by atoms with Crippen LogP contribution >= 0.6 is 11.6 Å². The predicted octanol–water partition coefficient (Wildman–Crippen LogP) is 4.23. The van der Waals surface area contributed by atoms with E-state index in [1.807, 2.05) is 12.1 Å². The van der Waals surface area contributed by atoms with E-state index in [4.69, 9.17) is 16.3 Å². The van der Waals surface area contributed by atoms with E-state index in [2.05, 4.69) is 0 Å². The van der Waals surface area contributed by atoms with Gasteiger partial charge in [0, 0.05) is 0 Å². The number of benzene rings is 1. The van der Waals surface area contributed by atoms with Crippen molar-refractivity contribution in [1.82, 2.24) is 0 Å². The molecule has 0 fully saturated rings. The highest BCUT2D eigenvalue weighted by molar-refractivity contribution is 6.32. The summed E-state index contributed by atoms with van der Waals surface area (Å²) in [6.07, 6.45) is 4.02. The molecular formula is C15H16ClFO2. The zero-order valence-electron chi connectivity index (χ0n) is 10.8. The molecule has 2 rings (SSSR count). The molecule has 1 aromatic rings. The maximum absolute atomic E-state index is 13.4. The molecule has 0 saturated carbocycles. The van der Waals surface area contributed by atoms with E-state index < -0.39 is 5.82 Å². The van der Waals surface area contributed by atoms with Gasteiger partial charge in [-0.1, -0.05) is 29.8 Å². The molecule has 0 aliphatic heterocycles. The van der Waals surface area contributed by atoms with Crippen LogP contribution in [0.25, 0.3) is 5.57 Å². The Hall–Kier alpha value is -1.35. The standard InChI is InChI=1S/C15H16ClFO2/c1-2-19-15(18)11-8-6-10(7-9-11)12-4-3-5-13(17)14(12)16/h3-6,11H,2,7-9H2,1H3/t11-/m1/s1. The Kier molecular flexibility index (Phi) is 4.59. The average molecular weight is 283 g/mol. The maximum atomic E-state index is 13.4. The minimum atomic E-state index is -0.410. The maximum Gasteiger partial charge on any atom is 0.309 e. The first kappa shape index (κ1) is 14.1. The largest absolute Gasteiger partial charge is 0.466 e. The predicted molar refractivity (Wildman–Crippen MR) is 73.4 cm³/mol. The summed E-state index contributed by atoms with van der Waals surface area (Å²) in [4.78, 5) is 11.6. The number of ether oxygens (including phenoxy) is 1. The van der Waals surface area contributed by atoms with Crippen LogP contribution in [0.15, 0.2) is 24.3 Å². The fraction of sp³-hybridized carbons (Fsp3) is 0.400. The molecule has 19 heavy (non-hydrogen) atoms. The third-order valence-electron chi connectivity index (χ3n) is 3.33. The van der Waals surface area contributed by atoms with Gasteiger partial charge in [-0.3, -0.25) is 4.79 Å². The van der Waals surface area contributed by atoms with Crippen LogP contribution < -0.4 is 0 Å². The van der Waals surface area contributed by atoms with Crippen molar-refractivity contribution in [2.24, 2.45) is 5.92 Å². The zero-order valence-corrected chi connectivity index (χ0v) is 11.5. The molecule has 1 aliphatic rings. The Labute approximate surface area is 117 Å². The van der Waals surface area contributed by atoms with Crippen molar-refractivity contribution >= 4 is 23.1 Å². The summed E-state index contributed by atoms with van der Waals surface area (Å²) >= 11 is 5.97. The quantitative estimate of drug-likeness (QED) is 0.776. The van der Waals surface area contributed by atoms with Crippen LogP contribution in [0.2, 0.25) is 5.02 Å². The third-order valence-corrected chi connectivity index (χ3v) is 3.71. The first-order chi connectivity index (χ1) is 9.13. The Morgan fingerprint density at radius 2 is 2.32 bits per heavy atom. The van der Waals surface area contributed by atoms with E-state index in [1.165, 1.54) is 6.07 Å². The van der Waals surface area contributed by atoms with E-state index >= 15 is 0 Å². The van der Waals surface area contributed by atoms with E-state index in [1.54, 1.807) is 13.0 Å². The lowest BCUT2D eigenvalue weighted by molar-refractivity contribution is -0.148. The summed E-state index contributed by atoms with van der Waals surface area (Å²) in [6.45, 7) is 2.20. The lowest BCUT2D eigenvalue weighted by Crippen LogP contribution is -2.19. The minimum absolute atomic E-state index is 0.0870. The van der Waals surface area contributed by atoms with Crippen LogP contribution in [0, 0.1) is 11.7 Å². The van der Waals surface area contributed by atoms with Crippen LogP contribution in [-0.4, -0.2) is 12.6 Å². The first-order valence-corrected chi connectivity index (χ1v) is 6.81. The second-order valence-electron chi connectivity index (χ2n) is 4.55. The summed E-state index contributed by atoms with van der Waals surface area (Å²) < 4.78 is 18.4. The summed E-state index contributed by atoms with van der Waals surface area (Å²) in [5.41, 5.74) is 1.73. The van der Waals surface area contributed by atoms with Crippen molar-refractivity contribution in [3.8, 4) is 0 Å². The van der Waals surface area contributed by atoms with Gasteiger partial charge < -0.3 is 4.74 Å². The molecule has 0 N–H and O–H groups in total. The Bertz CT molecular complexity index is 511. The highest BCUT2D eigenvalue weighted by Gasteiger charge is 2.24. The average Bonchev–Trinajstić information content (AvgIpc) is 2.42. The van der Waals surface area contributed by atoms with Gasteiger partial charge in [-0.15, -0.1) is 0 Å². The Morgan fingerprint density at radius 3 is 2.95 bits per heavy atom. The Balaban J connectivity index is 2.13. The molecule has 1 atom stereocenters. The van der Waals surface area contributed by atoms with Crippen molar-refractivity contribution in [3.63, 3.8) is 0 Å². The highest BCUT2D eigenvalue weighted by atomic mass is 35.5. The van der Waals surface area contributed by atoms with Crippen molar-refractivity contribution in [2.75, 3.05) is 6.61 Å². The van der Waals surface area contributed by atoms with Crippen LogP contribution in [-0.2, 0) is 9.53 Å². The van der Waals surface area contributed by atoms with Crippen molar-refractivity contribution in [2.45, 2.75) is 26.2 Å². The van der Waals surface area contributed by atoms with Gasteiger partial charge in [0.1, 0.15) is 5.82 Å². The van der Waals surface area contributed by atoms with E-state index in [0.717, 1.165) is 17.6 Å². The number of rotatable bonds is 3. The molecule has 102 valence electrons. The van der Waals surface area contributed by atoms with Gasteiger partial charge in [0.2, 0.25) is 0 Å². The molecule has 0 saturated heterocycles. The summed E-state index contributed by atoms with van der Waals surface area (Å²) in [6, 6.07) is 4.80. The van der Waals surface area contributed by atoms with Gasteiger partial charge >= 0.3 is 5.97 Å². The number of hydrogen-bond acceptors (Lipinski definition) is 2. The molecule has 2 nitrogen and oxygen atoms in total. The Morgan fingerprint density at radius 1 is 1.53 bits per heavy atom. The molecule has 1 aliphatic carbocycles. The minimum Gasteiger partial charge on any atom is -0.466 e. The molecule has 0 spiro atoms. The van der Waals surface area contributed by atoms with E-state index in [0.29, 0.717) is 19.4 Å². The molecule has 1 aromatic carbocycles. The molecular weight excluding hydrogens is 267 g/mol. The van der Waals surface area contributed by atoms with Crippen molar-refractivity contribution in [3.05, 3.63) is 40.7 Å². The van der Waals surface area contributed by atoms with Crippen LogP contribution in [0.5, 0.6) is 0 Å². The second-order valence-corrected chi connectivity index (χ2v) is 4.93. The molecule has 0 radical (unpaired) electrons. The van der Waals surface area contributed by atoms with Gasteiger partial charge in [-0.2, -0.15) is 0 Å². The number of halogens is 2. The molecule has 0 aromatic heterocycles. The van der Waals surface area contributed by atoms with Crippen molar-refractivity contribution in [1.29, 1.82) is 0 Å². The number of esters is 1. The SMILES string of the molecule is CCOC(=O)[C@@H]1CC=C(c2cccc(F)c2Cl)CC1. The summed E-state index contributed by atoms with van der Waals surface area (Å²) in [5.74, 6) is -0.647. The molecule has 0 unspecified atom stereocenters. The van der Waals surface area contributed by atoms with Crippen molar-refractivity contribution < 1.29 is 13.9 Å². The summed E-state index contributed by atoms with van der Waals surface area (Å²) in [5, 5.41) is 0.156. The zero-order chi connectivity index (χ0) is 13.8. The highest BCUT2D eigenvalue weighted by Crippen LogP contribution is 2.35. The molecule has 0 amide bonds. The van der Waals surface area contributed by atoms with Gasteiger partial charge in [0.15, 0.2) is 0 Å². The lowest BCUT2D eigenvalue weighted by atomic mass is 9.86. The smallest absolute Gasteiger partial charge is 0.309 e. The summed E-state index contributed by atoms with van der Waals surface area (Å²) in [7, 11) is 0.